The molecule has 0 saturated carbocycles. The van der Waals surface area contributed by atoms with Crippen LogP contribution in [0.25, 0.3) is 0 Å². The Bertz CT molecular complexity index is 521. The molecule has 0 spiro atoms. The first kappa shape index (κ1) is 26.6. The van der Waals surface area contributed by atoms with Crippen LogP contribution in [0.1, 0.15) is 0 Å². The summed E-state index contributed by atoms with van der Waals surface area (Å²) in [6.45, 7) is -1.38. The maximum atomic E-state index is 10.8. The van der Waals surface area contributed by atoms with Gasteiger partial charge in [-0.25, -0.2) is 9.59 Å². The predicted molar refractivity (Wildman–Crippen MR) is 71.5 cm³/mol. The van der Waals surface area contributed by atoms with Gasteiger partial charge in [-0.15, -0.1) is 0 Å². The Kier molecular flexibility index (Phi) is 11.5. The zero-order chi connectivity index (χ0) is 18.6. The molecule has 0 radical (unpaired) electrons. The van der Waals surface area contributed by atoms with E-state index < -0.39 is 72.6 Å². The van der Waals surface area contributed by atoms with Crippen molar-refractivity contribution in [3.63, 3.8) is 0 Å². The minimum Gasteiger partial charge on any atom is -0.870 e. The maximum absolute atomic E-state index is 10.8. The van der Waals surface area contributed by atoms with E-state index in [1.165, 1.54) is 0 Å². The van der Waals surface area contributed by atoms with Crippen molar-refractivity contribution in [1.82, 2.24) is 0 Å². The molecule has 144 valence electrons. The van der Waals surface area contributed by atoms with Gasteiger partial charge in [-0.05, 0) is 5.76 Å². The van der Waals surface area contributed by atoms with Gasteiger partial charge in [0.15, 0.2) is 17.6 Å². The fraction of sp³-hybridized carbons (Fsp3) is 0.500. The molecule has 0 bridgehead atoms. The molecule has 2 aliphatic heterocycles. The Labute approximate surface area is 167 Å². The van der Waals surface area contributed by atoms with Crippen molar-refractivity contribution >= 4 is 11.9 Å². The first-order valence-electron chi connectivity index (χ1n) is 6.37. The van der Waals surface area contributed by atoms with Crippen LogP contribution in [-0.2, 0) is 19.1 Å². The van der Waals surface area contributed by atoms with Crippen LogP contribution in [0.5, 0.6) is 0 Å². The zero-order valence-electron chi connectivity index (χ0n) is 13.4. The van der Waals surface area contributed by atoms with E-state index in [4.69, 9.17) is 35.7 Å². The summed E-state index contributed by atoms with van der Waals surface area (Å²) in [7, 11) is 0. The van der Waals surface area contributed by atoms with Crippen LogP contribution in [0.2, 0.25) is 0 Å². The zero-order valence-corrected chi connectivity index (χ0v) is 15.4. The summed E-state index contributed by atoms with van der Waals surface area (Å²) in [5, 5.41) is 71.8. The van der Waals surface area contributed by atoms with Gasteiger partial charge in [0.2, 0.25) is 5.76 Å². The third-order valence-corrected chi connectivity index (χ3v) is 2.93. The molecule has 0 aromatic rings. The molecule has 0 amide bonds. The minimum atomic E-state index is -1.48. The summed E-state index contributed by atoms with van der Waals surface area (Å²) < 4.78 is 8.57. The molecule has 2 rings (SSSR count). The number of hydrogen-bond acceptors (Lipinski definition) is 12. The third kappa shape index (κ3) is 5.72. The predicted octanol–water partition coefficient (Wildman–Crippen LogP) is -7.83. The number of carbonyl (C=O) groups is 2. The minimum absolute atomic E-state index is 0. The number of cyclic esters (lactones) is 2. The maximum Gasteiger partial charge on any atom is 1.00 e. The van der Waals surface area contributed by atoms with E-state index in [1.807, 2.05) is 0 Å². The van der Waals surface area contributed by atoms with Crippen molar-refractivity contribution in [2.75, 3.05) is 13.2 Å². The molecule has 13 nitrogen and oxygen atoms in total. The Morgan fingerprint density at radius 3 is 1.58 bits per heavy atom. The van der Waals surface area contributed by atoms with Gasteiger partial charge in [-0.3, -0.25) is 0 Å². The summed E-state index contributed by atoms with van der Waals surface area (Å²) in [6, 6.07) is 0. The van der Waals surface area contributed by atoms with Crippen LogP contribution in [0.15, 0.2) is 23.0 Å². The van der Waals surface area contributed by atoms with E-state index in [0.717, 1.165) is 0 Å². The summed E-state index contributed by atoms with van der Waals surface area (Å²) in [5.41, 5.74) is 0. The molecular weight excluding hydrogens is 375 g/mol. The fourth-order valence-electron chi connectivity index (χ4n) is 1.63. The van der Waals surface area contributed by atoms with E-state index in [-0.39, 0.29) is 35.0 Å². The molecular formula is C12H17NaO13. The standard InChI is InChI=1S/2C6H8O6.Na.H2O/c2*7-1-2(8)5-3(9)4(10)6(11)12-5;;/h2*2,5,7-10H,1H2;;1H2/q;;+1;/p-1. The second-order valence-electron chi connectivity index (χ2n) is 4.60. The molecule has 0 saturated heterocycles. The summed E-state index contributed by atoms with van der Waals surface area (Å²) in [6.07, 6.45) is -5.73. The molecule has 0 aliphatic carbocycles. The van der Waals surface area contributed by atoms with Crippen molar-refractivity contribution in [2.24, 2.45) is 0 Å². The first-order chi connectivity index (χ1) is 11.1. The molecule has 0 fully saturated rings. The van der Waals surface area contributed by atoms with Gasteiger partial charge in [-0.1, -0.05) is 0 Å². The Morgan fingerprint density at radius 1 is 0.885 bits per heavy atom. The van der Waals surface area contributed by atoms with Gasteiger partial charge in [0.1, 0.15) is 18.3 Å². The van der Waals surface area contributed by atoms with Crippen molar-refractivity contribution in [3.8, 4) is 0 Å². The number of carbonyl (C=O) groups excluding carboxylic acids is 2. The second kappa shape index (κ2) is 11.2. The van der Waals surface area contributed by atoms with Crippen molar-refractivity contribution in [1.29, 1.82) is 0 Å². The molecule has 4 atom stereocenters. The van der Waals surface area contributed by atoms with Crippen molar-refractivity contribution in [3.05, 3.63) is 23.0 Å². The summed E-state index contributed by atoms with van der Waals surface area (Å²) in [4.78, 5) is 21.0. The molecule has 0 aromatic heterocycles. The number of aliphatic hydroxyl groups excluding tert-OH is 7. The van der Waals surface area contributed by atoms with Crippen molar-refractivity contribution in [2.45, 2.75) is 24.4 Å². The molecule has 0 aromatic carbocycles. The van der Waals surface area contributed by atoms with Crippen LogP contribution in [0.4, 0.5) is 0 Å². The average molecular weight is 392 g/mol. The average Bonchev–Trinajstić information content (AvgIpc) is 2.98. The smallest absolute Gasteiger partial charge is 0.870 e. The van der Waals surface area contributed by atoms with Crippen LogP contribution >= 0.6 is 0 Å². The second-order valence-corrected chi connectivity index (χ2v) is 4.60. The van der Waals surface area contributed by atoms with Gasteiger partial charge in [0.25, 0.3) is 0 Å². The summed E-state index contributed by atoms with van der Waals surface area (Å²) in [5.74, 6) is -5.98. The topological polar surface area (TPSA) is 249 Å². The van der Waals surface area contributed by atoms with Gasteiger partial charge >= 0.3 is 41.5 Å². The normalized spacial score (nSPS) is 23.8. The Hall–Kier alpha value is -1.58. The van der Waals surface area contributed by atoms with E-state index in [0.29, 0.717) is 0 Å². The quantitative estimate of drug-likeness (QED) is 0.174. The van der Waals surface area contributed by atoms with Crippen molar-refractivity contribution < 1.29 is 94.9 Å². The first-order valence-corrected chi connectivity index (χ1v) is 6.37. The molecule has 2 heterocycles. The van der Waals surface area contributed by atoms with E-state index in [9.17, 15) is 14.7 Å². The number of esters is 2. The number of ether oxygens (including phenoxy) is 2. The van der Waals surface area contributed by atoms with Crippen LogP contribution in [0, 0.1) is 0 Å². The SMILES string of the molecule is O.O=C1OC(C(O)CO)C(O)=C1O.O=C1OC(C(O)CO)C([O-])=C1O.[Na+]. The third-order valence-electron chi connectivity index (χ3n) is 2.93. The van der Waals surface area contributed by atoms with Crippen LogP contribution in [0.3, 0.4) is 0 Å². The molecule has 4 unspecified atom stereocenters. The summed E-state index contributed by atoms with van der Waals surface area (Å²) >= 11 is 0. The van der Waals surface area contributed by atoms with Gasteiger partial charge in [0.05, 0.1) is 13.2 Å². The van der Waals surface area contributed by atoms with E-state index >= 15 is 0 Å². The molecule has 26 heavy (non-hydrogen) atoms. The largest absolute Gasteiger partial charge is 1.00 e. The number of rotatable bonds is 4. The fourth-order valence-corrected chi connectivity index (χ4v) is 1.63. The number of hydrogen-bond donors (Lipinski definition) is 7. The molecule has 14 heteroatoms. The monoisotopic (exact) mass is 392 g/mol. The Balaban J connectivity index is 0. The molecule has 9 N–H and O–H groups in total. The van der Waals surface area contributed by atoms with Crippen LogP contribution in [-0.4, -0.2) is 90.8 Å². The van der Waals surface area contributed by atoms with Gasteiger partial charge in [0, 0.05) is 0 Å². The van der Waals surface area contributed by atoms with E-state index in [2.05, 4.69) is 9.47 Å². The van der Waals surface area contributed by atoms with Gasteiger partial charge < -0.3 is 55.8 Å². The number of aliphatic hydroxyl groups is 7. The molecule has 2 aliphatic rings. The van der Waals surface area contributed by atoms with E-state index in [1.54, 1.807) is 0 Å². The Morgan fingerprint density at radius 2 is 1.27 bits per heavy atom. The van der Waals surface area contributed by atoms with Gasteiger partial charge in [-0.2, -0.15) is 0 Å². The van der Waals surface area contributed by atoms with Crippen LogP contribution < -0.4 is 34.7 Å².